The summed E-state index contributed by atoms with van der Waals surface area (Å²) >= 11 is 0. The molecule has 0 aliphatic carbocycles. The molecule has 1 unspecified atom stereocenters. The summed E-state index contributed by atoms with van der Waals surface area (Å²) in [5.41, 5.74) is 0. The van der Waals surface area contributed by atoms with Crippen LogP contribution in [-0.4, -0.2) is 87.9 Å². The molecule has 0 N–H and O–H groups in total. The van der Waals surface area contributed by atoms with Gasteiger partial charge in [0.1, 0.15) is 0 Å². The standard InChI is InChI=1S/C19H34N2O5/c1-24-13-11-20-9-7-16(8-10-20)14-21(15-17-4-3-12-26-17)18(22)5-6-19(23)25-2/h16-17H,3-15H2,1-2H3. The van der Waals surface area contributed by atoms with E-state index in [9.17, 15) is 9.59 Å². The van der Waals surface area contributed by atoms with E-state index in [2.05, 4.69) is 9.64 Å². The normalized spacial score (nSPS) is 21.7. The SMILES string of the molecule is COCCN1CCC(CN(CC2CCCO2)C(=O)CCC(=O)OC)CC1. The third kappa shape index (κ3) is 7.21. The number of rotatable bonds is 10. The average Bonchev–Trinajstić information content (AvgIpc) is 3.17. The molecule has 0 aromatic rings. The molecule has 150 valence electrons. The van der Waals surface area contributed by atoms with Gasteiger partial charge in [-0.25, -0.2) is 0 Å². The van der Waals surface area contributed by atoms with Crippen molar-refractivity contribution < 1.29 is 23.8 Å². The largest absolute Gasteiger partial charge is 0.469 e. The van der Waals surface area contributed by atoms with E-state index in [1.54, 1.807) is 7.11 Å². The lowest BCUT2D eigenvalue weighted by atomic mass is 9.95. The Hall–Kier alpha value is -1.18. The molecule has 2 aliphatic heterocycles. The minimum absolute atomic E-state index is 0.0349. The lowest BCUT2D eigenvalue weighted by Crippen LogP contribution is -2.44. The molecule has 2 fully saturated rings. The van der Waals surface area contributed by atoms with E-state index in [-0.39, 0.29) is 30.8 Å². The summed E-state index contributed by atoms with van der Waals surface area (Å²) < 4.78 is 15.5. The molecule has 2 saturated heterocycles. The highest BCUT2D eigenvalue weighted by atomic mass is 16.5. The zero-order chi connectivity index (χ0) is 18.8. The molecule has 7 nitrogen and oxygen atoms in total. The van der Waals surface area contributed by atoms with Gasteiger partial charge in [-0.15, -0.1) is 0 Å². The van der Waals surface area contributed by atoms with E-state index < -0.39 is 0 Å². The Bertz CT molecular complexity index is 432. The van der Waals surface area contributed by atoms with Crippen LogP contribution in [0, 0.1) is 5.92 Å². The van der Waals surface area contributed by atoms with E-state index in [4.69, 9.17) is 9.47 Å². The van der Waals surface area contributed by atoms with Crippen molar-refractivity contribution in [3.05, 3.63) is 0 Å². The van der Waals surface area contributed by atoms with Crippen LogP contribution >= 0.6 is 0 Å². The van der Waals surface area contributed by atoms with Gasteiger partial charge in [0.15, 0.2) is 0 Å². The summed E-state index contributed by atoms with van der Waals surface area (Å²) in [5.74, 6) is 0.215. The molecular formula is C19H34N2O5. The van der Waals surface area contributed by atoms with Crippen molar-refractivity contribution in [3.63, 3.8) is 0 Å². The zero-order valence-electron chi connectivity index (χ0n) is 16.3. The maximum absolute atomic E-state index is 12.7. The highest BCUT2D eigenvalue weighted by molar-refractivity contribution is 5.81. The minimum atomic E-state index is -0.332. The topological polar surface area (TPSA) is 68.3 Å². The number of ether oxygens (including phenoxy) is 3. The Morgan fingerprint density at radius 1 is 1.12 bits per heavy atom. The Morgan fingerprint density at radius 2 is 1.88 bits per heavy atom. The molecule has 0 aromatic carbocycles. The molecule has 2 rings (SSSR count). The van der Waals surface area contributed by atoms with Crippen molar-refractivity contribution in [3.8, 4) is 0 Å². The van der Waals surface area contributed by atoms with Crippen LogP contribution in [0.25, 0.3) is 0 Å². The van der Waals surface area contributed by atoms with Crippen molar-refractivity contribution in [2.75, 3.05) is 60.2 Å². The first-order valence-electron chi connectivity index (χ1n) is 9.80. The number of carbonyl (C=O) groups excluding carboxylic acids is 2. The Morgan fingerprint density at radius 3 is 2.50 bits per heavy atom. The van der Waals surface area contributed by atoms with Gasteiger partial charge >= 0.3 is 5.97 Å². The summed E-state index contributed by atoms with van der Waals surface area (Å²) in [5, 5.41) is 0. The fourth-order valence-corrected chi connectivity index (χ4v) is 3.71. The van der Waals surface area contributed by atoms with Gasteiger partial charge in [-0.3, -0.25) is 9.59 Å². The highest BCUT2D eigenvalue weighted by Gasteiger charge is 2.27. The molecule has 2 heterocycles. The van der Waals surface area contributed by atoms with Gasteiger partial charge in [-0.05, 0) is 44.7 Å². The fraction of sp³-hybridized carbons (Fsp3) is 0.895. The first-order chi connectivity index (χ1) is 12.6. The predicted octanol–water partition coefficient (Wildman–Crippen LogP) is 1.31. The van der Waals surface area contributed by atoms with Gasteiger partial charge in [0.05, 0.1) is 26.2 Å². The molecule has 0 aromatic heterocycles. The van der Waals surface area contributed by atoms with Crippen molar-refractivity contribution in [2.24, 2.45) is 5.92 Å². The number of carbonyl (C=O) groups is 2. The molecule has 0 radical (unpaired) electrons. The minimum Gasteiger partial charge on any atom is -0.469 e. The smallest absolute Gasteiger partial charge is 0.306 e. The summed E-state index contributed by atoms with van der Waals surface area (Å²) in [6.07, 6.45) is 4.76. The lowest BCUT2D eigenvalue weighted by molar-refractivity contribution is -0.144. The first-order valence-corrected chi connectivity index (χ1v) is 9.80. The summed E-state index contributed by atoms with van der Waals surface area (Å²) in [7, 11) is 3.09. The maximum Gasteiger partial charge on any atom is 0.306 e. The Labute approximate surface area is 156 Å². The van der Waals surface area contributed by atoms with Gasteiger partial charge in [0.25, 0.3) is 0 Å². The zero-order valence-corrected chi connectivity index (χ0v) is 16.3. The van der Waals surface area contributed by atoms with E-state index in [1.807, 2.05) is 4.90 Å². The van der Waals surface area contributed by atoms with Gasteiger partial charge in [-0.2, -0.15) is 0 Å². The van der Waals surface area contributed by atoms with Gasteiger partial charge in [0, 0.05) is 39.8 Å². The van der Waals surface area contributed by atoms with Crippen molar-refractivity contribution in [1.29, 1.82) is 0 Å². The third-order valence-corrected chi connectivity index (χ3v) is 5.37. The number of hydrogen-bond donors (Lipinski definition) is 0. The number of likely N-dealkylation sites (tertiary alicyclic amines) is 1. The Balaban J connectivity index is 1.83. The van der Waals surface area contributed by atoms with Crippen molar-refractivity contribution in [2.45, 2.75) is 44.6 Å². The fourth-order valence-electron chi connectivity index (χ4n) is 3.71. The quantitative estimate of drug-likeness (QED) is 0.540. The summed E-state index contributed by atoms with van der Waals surface area (Å²) in [6, 6.07) is 0. The van der Waals surface area contributed by atoms with E-state index in [0.29, 0.717) is 12.5 Å². The van der Waals surface area contributed by atoms with Crippen LogP contribution in [-0.2, 0) is 23.8 Å². The molecule has 2 aliphatic rings. The van der Waals surface area contributed by atoms with Crippen molar-refractivity contribution in [1.82, 2.24) is 9.80 Å². The molecule has 1 amide bonds. The Kier molecular flexibility index (Phi) is 9.36. The van der Waals surface area contributed by atoms with Gasteiger partial charge < -0.3 is 24.0 Å². The van der Waals surface area contributed by atoms with Crippen LogP contribution < -0.4 is 0 Å². The molecule has 0 bridgehead atoms. The van der Waals surface area contributed by atoms with Crippen LogP contribution in [0.1, 0.15) is 38.5 Å². The number of nitrogens with zero attached hydrogens (tertiary/aromatic N) is 2. The van der Waals surface area contributed by atoms with E-state index >= 15 is 0 Å². The van der Waals surface area contributed by atoms with Crippen LogP contribution in [0.2, 0.25) is 0 Å². The summed E-state index contributed by atoms with van der Waals surface area (Å²) in [6.45, 7) is 6.04. The average molecular weight is 370 g/mol. The van der Waals surface area contributed by atoms with E-state index in [1.165, 1.54) is 7.11 Å². The third-order valence-electron chi connectivity index (χ3n) is 5.37. The second-order valence-electron chi connectivity index (χ2n) is 7.29. The lowest BCUT2D eigenvalue weighted by Gasteiger charge is -2.35. The molecular weight excluding hydrogens is 336 g/mol. The van der Waals surface area contributed by atoms with E-state index in [0.717, 1.165) is 65.1 Å². The van der Waals surface area contributed by atoms with Gasteiger partial charge in [0.2, 0.25) is 5.91 Å². The number of hydrogen-bond acceptors (Lipinski definition) is 6. The maximum atomic E-state index is 12.7. The monoisotopic (exact) mass is 370 g/mol. The predicted molar refractivity (Wildman–Crippen MR) is 97.8 cm³/mol. The molecule has 26 heavy (non-hydrogen) atoms. The first kappa shape index (κ1) is 21.1. The molecule has 1 atom stereocenters. The van der Waals surface area contributed by atoms with Gasteiger partial charge in [-0.1, -0.05) is 0 Å². The van der Waals surface area contributed by atoms with Crippen LogP contribution in [0.15, 0.2) is 0 Å². The number of amides is 1. The highest BCUT2D eigenvalue weighted by Crippen LogP contribution is 2.21. The van der Waals surface area contributed by atoms with Crippen LogP contribution in [0.4, 0.5) is 0 Å². The van der Waals surface area contributed by atoms with Crippen LogP contribution in [0.5, 0.6) is 0 Å². The molecule has 0 saturated carbocycles. The second kappa shape index (κ2) is 11.5. The number of esters is 1. The number of methoxy groups -OCH3 is 2. The molecule has 0 spiro atoms. The summed E-state index contributed by atoms with van der Waals surface area (Å²) in [4.78, 5) is 28.4. The van der Waals surface area contributed by atoms with Crippen molar-refractivity contribution >= 4 is 11.9 Å². The second-order valence-corrected chi connectivity index (χ2v) is 7.29. The van der Waals surface area contributed by atoms with Crippen LogP contribution in [0.3, 0.4) is 0 Å². The number of piperidine rings is 1. The molecule has 7 heteroatoms.